The van der Waals surface area contributed by atoms with E-state index in [0.29, 0.717) is 0 Å². The van der Waals surface area contributed by atoms with Crippen LogP contribution in [0.3, 0.4) is 0 Å². The molecule has 0 heterocycles. The summed E-state index contributed by atoms with van der Waals surface area (Å²) >= 11 is 0. The van der Waals surface area contributed by atoms with Gasteiger partial charge in [0.05, 0.1) is 11.5 Å². The summed E-state index contributed by atoms with van der Waals surface area (Å²) in [4.78, 5) is 0. The number of hydrogen-bond acceptors (Lipinski definition) is 1. The van der Waals surface area contributed by atoms with E-state index in [0.717, 1.165) is 12.8 Å². The molecule has 0 spiro atoms. The Morgan fingerprint density at radius 3 is 2.29 bits per heavy atom. The van der Waals surface area contributed by atoms with Crippen LogP contribution >= 0.6 is 0 Å². The van der Waals surface area contributed by atoms with E-state index in [1.807, 2.05) is 13.8 Å². The van der Waals surface area contributed by atoms with Crippen LogP contribution in [0.4, 0.5) is 0 Å². The van der Waals surface area contributed by atoms with Gasteiger partial charge in [0.2, 0.25) is 0 Å². The molecule has 0 saturated heterocycles. The van der Waals surface area contributed by atoms with Gasteiger partial charge in [-0.1, -0.05) is 23.3 Å². The summed E-state index contributed by atoms with van der Waals surface area (Å²) in [5.41, 5.74) is 2.33. The average Bonchev–Trinajstić information content (AvgIpc) is 2.14. The van der Waals surface area contributed by atoms with Gasteiger partial charge in [0.15, 0.2) is 0 Å². The lowest BCUT2D eigenvalue weighted by Gasteiger charge is -2.20. The van der Waals surface area contributed by atoms with Crippen LogP contribution in [0.15, 0.2) is 23.3 Å². The highest BCUT2D eigenvalue weighted by Gasteiger charge is 2.22. The van der Waals surface area contributed by atoms with Gasteiger partial charge in [-0.15, -0.1) is 0 Å². The third kappa shape index (κ3) is 4.87. The maximum absolute atomic E-state index is 9.14. The number of nitriles is 1. The molecular weight excluding hydrogens is 170 g/mol. The molecule has 0 saturated carbocycles. The Balaban J connectivity index is 4.51. The Labute approximate surface area is 88.1 Å². The number of nitrogens with zero attached hydrogens (tertiary/aromatic N) is 1. The van der Waals surface area contributed by atoms with Crippen molar-refractivity contribution in [3.63, 3.8) is 0 Å². The van der Waals surface area contributed by atoms with Crippen molar-refractivity contribution in [2.24, 2.45) is 5.41 Å². The van der Waals surface area contributed by atoms with Crippen molar-refractivity contribution in [2.45, 2.75) is 47.5 Å². The maximum atomic E-state index is 9.14. The molecule has 1 atom stereocenters. The zero-order valence-corrected chi connectivity index (χ0v) is 10.0. The predicted octanol–water partition coefficient (Wildman–Crippen LogP) is 4.23. The van der Waals surface area contributed by atoms with Crippen molar-refractivity contribution in [3.05, 3.63) is 23.3 Å². The fraction of sp³-hybridized carbons (Fsp3) is 0.615. The molecule has 0 bridgehead atoms. The minimum Gasteiger partial charge on any atom is -0.198 e. The summed E-state index contributed by atoms with van der Waals surface area (Å²) in [6.07, 6.45) is 5.94. The standard InChI is InChI=1S/C13H21N/c1-6-12(4)9-13(5,10-14)8-7-11(2)3/h6-7H,8-9H2,1-5H3. The Kier molecular flexibility index (Phi) is 5.23. The van der Waals surface area contributed by atoms with Crippen LogP contribution in [-0.2, 0) is 0 Å². The molecule has 0 aliphatic rings. The zero-order chi connectivity index (χ0) is 11.2. The summed E-state index contributed by atoms with van der Waals surface area (Å²) in [5, 5.41) is 9.14. The molecule has 78 valence electrons. The summed E-state index contributed by atoms with van der Waals surface area (Å²) in [6, 6.07) is 2.41. The minimum absolute atomic E-state index is 0.242. The molecule has 0 aromatic rings. The highest BCUT2D eigenvalue weighted by Crippen LogP contribution is 2.29. The molecule has 1 unspecified atom stereocenters. The van der Waals surface area contributed by atoms with Crippen molar-refractivity contribution in [1.82, 2.24) is 0 Å². The van der Waals surface area contributed by atoms with E-state index in [9.17, 15) is 0 Å². The van der Waals surface area contributed by atoms with Crippen molar-refractivity contribution in [3.8, 4) is 6.07 Å². The fourth-order valence-electron chi connectivity index (χ4n) is 1.30. The highest BCUT2D eigenvalue weighted by molar-refractivity contribution is 5.11. The molecule has 14 heavy (non-hydrogen) atoms. The Morgan fingerprint density at radius 2 is 1.93 bits per heavy atom. The van der Waals surface area contributed by atoms with Crippen molar-refractivity contribution < 1.29 is 0 Å². The van der Waals surface area contributed by atoms with Crippen molar-refractivity contribution in [2.75, 3.05) is 0 Å². The summed E-state index contributed by atoms with van der Waals surface area (Å²) < 4.78 is 0. The third-order valence-electron chi connectivity index (χ3n) is 2.39. The molecule has 0 rings (SSSR count). The van der Waals surface area contributed by atoms with E-state index >= 15 is 0 Å². The number of hydrogen-bond donors (Lipinski definition) is 0. The van der Waals surface area contributed by atoms with E-state index in [2.05, 4.69) is 39.0 Å². The van der Waals surface area contributed by atoms with E-state index in [1.54, 1.807) is 0 Å². The largest absolute Gasteiger partial charge is 0.198 e. The molecule has 0 aliphatic carbocycles. The summed E-state index contributed by atoms with van der Waals surface area (Å²) in [5.74, 6) is 0. The second-order valence-corrected chi connectivity index (χ2v) is 4.47. The highest BCUT2D eigenvalue weighted by atomic mass is 14.3. The quantitative estimate of drug-likeness (QED) is 0.610. The maximum Gasteiger partial charge on any atom is 0.0693 e. The lowest BCUT2D eigenvalue weighted by Crippen LogP contribution is -2.13. The van der Waals surface area contributed by atoms with Gasteiger partial charge in [0.1, 0.15) is 0 Å². The SMILES string of the molecule is CC=C(C)CC(C)(C#N)CC=C(C)C. The van der Waals surface area contributed by atoms with Gasteiger partial charge < -0.3 is 0 Å². The van der Waals surface area contributed by atoms with Crippen LogP contribution in [0.2, 0.25) is 0 Å². The van der Waals surface area contributed by atoms with Gasteiger partial charge in [0.25, 0.3) is 0 Å². The monoisotopic (exact) mass is 191 g/mol. The Hall–Kier alpha value is -1.03. The van der Waals surface area contributed by atoms with Gasteiger partial charge in [-0.25, -0.2) is 0 Å². The smallest absolute Gasteiger partial charge is 0.0693 e. The molecule has 0 aromatic heterocycles. The lowest BCUT2D eigenvalue weighted by atomic mass is 9.81. The fourth-order valence-corrected chi connectivity index (χ4v) is 1.30. The van der Waals surface area contributed by atoms with Crippen LogP contribution in [-0.4, -0.2) is 0 Å². The average molecular weight is 191 g/mol. The molecule has 1 nitrogen and oxygen atoms in total. The molecule has 0 aliphatic heterocycles. The minimum atomic E-state index is -0.242. The van der Waals surface area contributed by atoms with E-state index in [1.165, 1.54) is 11.1 Å². The first-order chi connectivity index (χ1) is 6.43. The Bertz CT molecular complexity index is 274. The van der Waals surface area contributed by atoms with Crippen LogP contribution in [0.25, 0.3) is 0 Å². The van der Waals surface area contributed by atoms with E-state index in [4.69, 9.17) is 5.26 Å². The van der Waals surface area contributed by atoms with Gasteiger partial charge in [0, 0.05) is 0 Å². The predicted molar refractivity (Wildman–Crippen MR) is 61.8 cm³/mol. The molecule has 0 radical (unpaired) electrons. The third-order valence-corrected chi connectivity index (χ3v) is 2.39. The van der Waals surface area contributed by atoms with Gasteiger partial charge in [-0.2, -0.15) is 5.26 Å². The summed E-state index contributed by atoms with van der Waals surface area (Å²) in [6.45, 7) is 10.3. The van der Waals surface area contributed by atoms with Gasteiger partial charge in [-0.3, -0.25) is 0 Å². The molecule has 0 fully saturated rings. The molecule has 0 amide bonds. The first-order valence-electron chi connectivity index (χ1n) is 5.10. The van der Waals surface area contributed by atoms with Crippen LogP contribution < -0.4 is 0 Å². The van der Waals surface area contributed by atoms with E-state index < -0.39 is 0 Å². The normalized spacial score (nSPS) is 15.6. The van der Waals surface area contributed by atoms with Crippen LogP contribution in [0.5, 0.6) is 0 Å². The molecule has 0 aromatic carbocycles. The van der Waals surface area contributed by atoms with Crippen molar-refractivity contribution >= 4 is 0 Å². The van der Waals surface area contributed by atoms with Crippen molar-refractivity contribution in [1.29, 1.82) is 5.26 Å². The van der Waals surface area contributed by atoms with E-state index in [-0.39, 0.29) is 5.41 Å². The first kappa shape index (κ1) is 13.0. The molecule has 0 N–H and O–H groups in total. The topological polar surface area (TPSA) is 23.8 Å². The van der Waals surface area contributed by atoms with Gasteiger partial charge >= 0.3 is 0 Å². The Morgan fingerprint density at radius 1 is 1.36 bits per heavy atom. The first-order valence-corrected chi connectivity index (χ1v) is 5.10. The molecular formula is C13H21N. The lowest BCUT2D eigenvalue weighted by molar-refractivity contribution is 0.442. The number of rotatable bonds is 4. The second-order valence-electron chi connectivity index (χ2n) is 4.47. The van der Waals surface area contributed by atoms with Gasteiger partial charge in [-0.05, 0) is 47.5 Å². The van der Waals surface area contributed by atoms with Crippen LogP contribution in [0, 0.1) is 16.7 Å². The number of allylic oxidation sites excluding steroid dienone is 4. The van der Waals surface area contributed by atoms with Crippen LogP contribution in [0.1, 0.15) is 47.5 Å². The molecule has 1 heteroatoms. The summed E-state index contributed by atoms with van der Waals surface area (Å²) in [7, 11) is 0. The zero-order valence-electron chi connectivity index (χ0n) is 10.0. The second kappa shape index (κ2) is 5.65.